The smallest absolute Gasteiger partial charge is 0.259 e. The minimum Gasteiger partial charge on any atom is -0.308 e. The highest BCUT2D eigenvalue weighted by molar-refractivity contribution is 7.18. The molecule has 0 aliphatic rings. The maximum absolute atomic E-state index is 12.5. The van der Waals surface area contributed by atoms with E-state index in [0.717, 1.165) is 20.8 Å². The van der Waals surface area contributed by atoms with Crippen LogP contribution >= 0.6 is 11.3 Å². The Hall–Kier alpha value is -2.87. The van der Waals surface area contributed by atoms with Crippen molar-refractivity contribution in [2.45, 2.75) is 33.7 Å². The van der Waals surface area contributed by atoms with Gasteiger partial charge in [0.15, 0.2) is 0 Å². The normalized spacial score (nSPS) is 12.6. The summed E-state index contributed by atoms with van der Waals surface area (Å²) in [6, 6.07) is 7.61. The predicted octanol–water partition coefficient (Wildman–Crippen LogP) is 3.17. The Labute approximate surface area is 153 Å². The first-order valence-corrected chi connectivity index (χ1v) is 9.12. The summed E-state index contributed by atoms with van der Waals surface area (Å²) < 4.78 is 0. The molecule has 3 heterocycles. The molecule has 1 N–H and O–H groups in total. The lowest BCUT2D eigenvalue weighted by molar-refractivity contribution is 0.462. The average Bonchev–Trinajstić information content (AvgIpc) is 3.21. The van der Waals surface area contributed by atoms with Gasteiger partial charge in [0.25, 0.3) is 5.56 Å². The number of nitrogens with zero attached hydrogens (tertiary/aromatic N) is 5. The number of aryl methyl sites for hydroxylation is 3. The van der Waals surface area contributed by atoms with Gasteiger partial charge in [-0.15, -0.1) is 21.5 Å². The summed E-state index contributed by atoms with van der Waals surface area (Å²) in [7, 11) is 0. The van der Waals surface area contributed by atoms with E-state index < -0.39 is 0 Å². The Morgan fingerprint density at radius 1 is 1.15 bits per heavy atom. The van der Waals surface area contributed by atoms with Gasteiger partial charge in [-0.2, -0.15) is 4.80 Å². The van der Waals surface area contributed by atoms with E-state index in [-0.39, 0.29) is 11.6 Å². The minimum atomic E-state index is -0.332. The number of rotatable bonds is 3. The maximum Gasteiger partial charge on any atom is 0.259 e. The fourth-order valence-electron chi connectivity index (χ4n) is 2.79. The summed E-state index contributed by atoms with van der Waals surface area (Å²) in [4.78, 5) is 23.3. The van der Waals surface area contributed by atoms with Crippen LogP contribution in [0.3, 0.4) is 0 Å². The first kappa shape index (κ1) is 16.6. The first-order chi connectivity index (χ1) is 12.4. The number of benzene rings is 1. The Balaban J connectivity index is 1.72. The second-order valence-electron chi connectivity index (χ2n) is 6.39. The number of hydrogen-bond acceptors (Lipinski definition) is 6. The Morgan fingerprint density at radius 3 is 2.62 bits per heavy atom. The highest BCUT2D eigenvalue weighted by Gasteiger charge is 2.18. The van der Waals surface area contributed by atoms with Gasteiger partial charge in [0, 0.05) is 10.4 Å². The topological polar surface area (TPSA) is 89.4 Å². The number of tetrazole rings is 1. The number of hydrogen-bond donors (Lipinski definition) is 1. The summed E-state index contributed by atoms with van der Waals surface area (Å²) in [6.07, 6.45) is 0. The van der Waals surface area contributed by atoms with E-state index in [2.05, 4.69) is 25.4 Å². The molecule has 8 heteroatoms. The van der Waals surface area contributed by atoms with Crippen molar-refractivity contribution in [1.29, 1.82) is 0 Å². The van der Waals surface area contributed by atoms with Crippen LogP contribution in [0.15, 0.2) is 29.1 Å². The monoisotopic (exact) mass is 366 g/mol. The number of fused-ring (bicyclic) bond motifs is 1. The SMILES string of the molecule is Cc1ccc(-c2nnn(C(C)c3nc4sc(C)c(C)c4c(=O)[nH]3)n2)cc1. The highest BCUT2D eigenvalue weighted by Crippen LogP contribution is 2.27. The van der Waals surface area contributed by atoms with E-state index in [0.29, 0.717) is 17.0 Å². The molecule has 0 amide bonds. The van der Waals surface area contributed by atoms with Crippen molar-refractivity contribution >= 4 is 21.6 Å². The van der Waals surface area contributed by atoms with Crippen LogP contribution < -0.4 is 5.56 Å². The summed E-state index contributed by atoms with van der Waals surface area (Å²) in [6.45, 7) is 7.86. The van der Waals surface area contributed by atoms with Gasteiger partial charge in [-0.05, 0) is 38.5 Å². The molecule has 0 saturated carbocycles. The molecule has 1 atom stereocenters. The molecule has 0 bridgehead atoms. The quantitative estimate of drug-likeness (QED) is 0.601. The van der Waals surface area contributed by atoms with Gasteiger partial charge in [0.05, 0.1) is 5.39 Å². The molecule has 1 aromatic carbocycles. The van der Waals surface area contributed by atoms with Crippen molar-refractivity contribution in [1.82, 2.24) is 30.2 Å². The number of thiophene rings is 1. The van der Waals surface area contributed by atoms with Gasteiger partial charge in [0.1, 0.15) is 16.7 Å². The average molecular weight is 366 g/mol. The van der Waals surface area contributed by atoms with Gasteiger partial charge in [-0.3, -0.25) is 4.79 Å². The molecular weight excluding hydrogens is 348 g/mol. The van der Waals surface area contributed by atoms with E-state index in [4.69, 9.17) is 0 Å². The van der Waals surface area contributed by atoms with Gasteiger partial charge in [-0.1, -0.05) is 29.8 Å². The predicted molar refractivity (Wildman–Crippen MR) is 102 cm³/mol. The van der Waals surface area contributed by atoms with E-state index >= 15 is 0 Å². The molecule has 4 aromatic rings. The summed E-state index contributed by atoms with van der Waals surface area (Å²) in [5.41, 5.74) is 2.93. The second-order valence-corrected chi connectivity index (χ2v) is 7.59. The largest absolute Gasteiger partial charge is 0.308 e. The zero-order valence-electron chi connectivity index (χ0n) is 14.9. The molecule has 4 rings (SSSR count). The molecule has 0 aliphatic carbocycles. The third-order valence-corrected chi connectivity index (χ3v) is 5.64. The lowest BCUT2D eigenvalue weighted by Crippen LogP contribution is -2.19. The molecule has 0 saturated heterocycles. The van der Waals surface area contributed by atoms with Crippen molar-refractivity contribution in [3.63, 3.8) is 0 Å². The van der Waals surface area contributed by atoms with Crippen LogP contribution in [0.5, 0.6) is 0 Å². The van der Waals surface area contributed by atoms with Crippen LogP contribution in [0, 0.1) is 20.8 Å². The molecule has 7 nitrogen and oxygen atoms in total. The Morgan fingerprint density at radius 2 is 1.88 bits per heavy atom. The van der Waals surface area contributed by atoms with Gasteiger partial charge >= 0.3 is 0 Å². The van der Waals surface area contributed by atoms with Gasteiger partial charge in [0.2, 0.25) is 5.82 Å². The number of aromatic nitrogens is 6. The third-order valence-electron chi connectivity index (χ3n) is 4.54. The van der Waals surface area contributed by atoms with Gasteiger partial charge < -0.3 is 4.98 Å². The zero-order valence-corrected chi connectivity index (χ0v) is 15.8. The van der Waals surface area contributed by atoms with Crippen molar-refractivity contribution in [3.8, 4) is 11.4 Å². The van der Waals surface area contributed by atoms with E-state index in [9.17, 15) is 4.79 Å². The molecule has 1 unspecified atom stereocenters. The molecular formula is C18H18N6OS. The molecule has 132 valence electrons. The van der Waals surface area contributed by atoms with Crippen LogP contribution in [0.2, 0.25) is 0 Å². The minimum absolute atomic E-state index is 0.127. The van der Waals surface area contributed by atoms with E-state index in [1.165, 1.54) is 21.7 Å². The molecule has 0 aliphatic heterocycles. The standard InChI is InChI=1S/C18H18N6OS/c1-9-5-7-13(8-6-9)16-21-23-24(22-16)11(3)15-19-17(25)14-10(2)12(4)26-18(14)20-15/h5-8,11H,1-4H3,(H,19,20,25). The molecule has 0 spiro atoms. The van der Waals surface area contributed by atoms with Crippen LogP contribution in [0.4, 0.5) is 0 Å². The van der Waals surface area contributed by atoms with Crippen molar-refractivity contribution in [2.24, 2.45) is 0 Å². The summed E-state index contributed by atoms with van der Waals surface area (Å²) in [5, 5.41) is 13.4. The van der Waals surface area contributed by atoms with Crippen LogP contribution in [0.25, 0.3) is 21.6 Å². The van der Waals surface area contributed by atoms with Gasteiger partial charge in [-0.25, -0.2) is 4.98 Å². The van der Waals surface area contributed by atoms with Crippen molar-refractivity contribution in [2.75, 3.05) is 0 Å². The Kier molecular flexibility index (Phi) is 3.91. The maximum atomic E-state index is 12.5. The number of H-pyrrole nitrogens is 1. The summed E-state index contributed by atoms with van der Waals surface area (Å²) >= 11 is 1.53. The fourth-order valence-corrected chi connectivity index (χ4v) is 3.82. The fraction of sp³-hybridized carbons (Fsp3) is 0.278. The van der Waals surface area contributed by atoms with E-state index in [1.54, 1.807) is 0 Å². The number of nitrogens with one attached hydrogen (secondary N) is 1. The first-order valence-electron chi connectivity index (χ1n) is 8.30. The van der Waals surface area contributed by atoms with Crippen LogP contribution in [0.1, 0.15) is 34.8 Å². The lowest BCUT2D eigenvalue weighted by atomic mass is 10.1. The second kappa shape index (κ2) is 6.14. The number of aromatic amines is 1. The molecule has 0 fully saturated rings. The van der Waals surface area contributed by atoms with Crippen LogP contribution in [-0.2, 0) is 0 Å². The molecule has 26 heavy (non-hydrogen) atoms. The summed E-state index contributed by atoms with van der Waals surface area (Å²) in [5.74, 6) is 1.07. The third kappa shape index (κ3) is 2.72. The van der Waals surface area contributed by atoms with Crippen LogP contribution in [-0.4, -0.2) is 30.2 Å². The molecule has 0 radical (unpaired) electrons. The zero-order chi connectivity index (χ0) is 18.4. The van der Waals surface area contributed by atoms with E-state index in [1.807, 2.05) is 52.0 Å². The lowest BCUT2D eigenvalue weighted by Gasteiger charge is -2.08. The van der Waals surface area contributed by atoms with Crippen molar-refractivity contribution in [3.05, 3.63) is 56.4 Å². The van der Waals surface area contributed by atoms with Crippen molar-refractivity contribution < 1.29 is 0 Å². The highest BCUT2D eigenvalue weighted by atomic mass is 32.1. The molecule has 3 aromatic heterocycles. The Bertz CT molecular complexity index is 1150.